The maximum absolute atomic E-state index is 4.70. The summed E-state index contributed by atoms with van der Waals surface area (Å²) >= 11 is 1.51. The van der Waals surface area contributed by atoms with Gasteiger partial charge in [-0.1, -0.05) is 19.9 Å². The zero-order valence-electron chi connectivity index (χ0n) is 13.4. The molecule has 0 saturated carbocycles. The van der Waals surface area contributed by atoms with Crippen LogP contribution in [0.25, 0.3) is 5.65 Å². The maximum atomic E-state index is 4.70. The summed E-state index contributed by atoms with van der Waals surface area (Å²) in [6.07, 6.45) is 4.33. The van der Waals surface area contributed by atoms with E-state index >= 15 is 0 Å². The van der Waals surface area contributed by atoms with Crippen LogP contribution in [0.2, 0.25) is 0 Å². The van der Waals surface area contributed by atoms with Crippen LogP contribution in [0.1, 0.15) is 50.2 Å². The van der Waals surface area contributed by atoms with Crippen LogP contribution in [0.3, 0.4) is 0 Å². The molecule has 0 radical (unpaired) electrons. The van der Waals surface area contributed by atoms with Crippen molar-refractivity contribution in [2.24, 2.45) is 0 Å². The lowest BCUT2D eigenvalue weighted by Gasteiger charge is -2.31. The number of fused-ring (bicyclic) bond motifs is 1. The first kappa shape index (κ1) is 14.6. The third kappa shape index (κ3) is 2.69. The summed E-state index contributed by atoms with van der Waals surface area (Å²) in [6.45, 7) is 6.24. The van der Waals surface area contributed by atoms with Crippen molar-refractivity contribution < 1.29 is 0 Å². The zero-order chi connectivity index (χ0) is 15.8. The molecule has 0 aromatic carbocycles. The van der Waals surface area contributed by atoms with E-state index in [9.17, 15) is 0 Å². The molecule has 1 aliphatic heterocycles. The standard InChI is InChI=1S/C16H20N6S/c1-11(2)14-17-16(23-20-14)21-8-5-6-12(10-21)15-19-18-13-7-3-4-9-22(13)15/h3-4,7,9,11-12H,5-6,8,10H2,1-2H3. The fourth-order valence-corrected chi connectivity index (χ4v) is 3.93. The molecule has 0 bridgehead atoms. The Bertz CT molecular complexity index is 808. The van der Waals surface area contributed by atoms with E-state index < -0.39 is 0 Å². The van der Waals surface area contributed by atoms with E-state index in [0.29, 0.717) is 11.8 Å². The van der Waals surface area contributed by atoms with Crippen LogP contribution in [0.5, 0.6) is 0 Å². The van der Waals surface area contributed by atoms with E-state index in [0.717, 1.165) is 48.4 Å². The number of pyridine rings is 1. The van der Waals surface area contributed by atoms with Crippen molar-refractivity contribution in [3.05, 3.63) is 36.0 Å². The molecular weight excluding hydrogens is 308 g/mol. The Morgan fingerprint density at radius 3 is 3.00 bits per heavy atom. The van der Waals surface area contributed by atoms with Crippen molar-refractivity contribution in [2.45, 2.75) is 38.5 Å². The molecule has 0 aliphatic carbocycles. The topological polar surface area (TPSA) is 59.2 Å². The van der Waals surface area contributed by atoms with E-state index in [1.165, 1.54) is 11.5 Å². The predicted molar refractivity (Wildman–Crippen MR) is 91.2 cm³/mol. The number of hydrogen-bond acceptors (Lipinski definition) is 6. The van der Waals surface area contributed by atoms with Crippen LogP contribution >= 0.6 is 11.5 Å². The second-order valence-electron chi connectivity index (χ2n) is 6.36. The molecule has 0 N–H and O–H groups in total. The lowest BCUT2D eigenvalue weighted by atomic mass is 9.97. The molecule has 1 saturated heterocycles. The van der Waals surface area contributed by atoms with Crippen LogP contribution in [0.4, 0.5) is 5.13 Å². The Labute approximate surface area is 139 Å². The van der Waals surface area contributed by atoms with Crippen molar-refractivity contribution in [2.75, 3.05) is 18.0 Å². The van der Waals surface area contributed by atoms with Crippen molar-refractivity contribution in [1.82, 2.24) is 24.0 Å². The molecule has 0 amide bonds. The fraction of sp³-hybridized carbons (Fsp3) is 0.500. The minimum Gasteiger partial charge on any atom is -0.346 e. The van der Waals surface area contributed by atoms with Gasteiger partial charge in [0.1, 0.15) is 11.6 Å². The molecule has 1 aliphatic rings. The molecule has 1 unspecified atom stereocenters. The molecule has 23 heavy (non-hydrogen) atoms. The van der Waals surface area contributed by atoms with E-state index in [1.807, 2.05) is 24.4 Å². The van der Waals surface area contributed by atoms with Crippen molar-refractivity contribution in [3.8, 4) is 0 Å². The normalized spacial score (nSPS) is 18.9. The van der Waals surface area contributed by atoms with E-state index in [-0.39, 0.29) is 0 Å². The average molecular weight is 328 g/mol. The van der Waals surface area contributed by atoms with Gasteiger partial charge >= 0.3 is 0 Å². The van der Waals surface area contributed by atoms with Crippen LogP contribution in [0.15, 0.2) is 24.4 Å². The van der Waals surface area contributed by atoms with Gasteiger partial charge in [-0.15, -0.1) is 10.2 Å². The lowest BCUT2D eigenvalue weighted by molar-refractivity contribution is 0.487. The van der Waals surface area contributed by atoms with Gasteiger partial charge in [0.05, 0.1) is 0 Å². The Balaban J connectivity index is 1.59. The number of rotatable bonds is 3. The van der Waals surface area contributed by atoms with Gasteiger partial charge < -0.3 is 4.90 Å². The predicted octanol–water partition coefficient (Wildman–Crippen LogP) is 3.09. The van der Waals surface area contributed by atoms with Gasteiger partial charge in [0.2, 0.25) is 5.13 Å². The van der Waals surface area contributed by atoms with Gasteiger partial charge in [-0.05, 0) is 25.0 Å². The monoisotopic (exact) mass is 328 g/mol. The summed E-state index contributed by atoms with van der Waals surface area (Å²) in [5.74, 6) is 2.76. The van der Waals surface area contributed by atoms with E-state index in [2.05, 4.69) is 37.7 Å². The summed E-state index contributed by atoms with van der Waals surface area (Å²) in [4.78, 5) is 7.05. The highest BCUT2D eigenvalue weighted by Gasteiger charge is 2.27. The summed E-state index contributed by atoms with van der Waals surface area (Å²) in [5, 5.41) is 9.76. The number of anilines is 1. The summed E-state index contributed by atoms with van der Waals surface area (Å²) < 4.78 is 6.59. The molecule has 1 fully saturated rings. The Hall–Kier alpha value is -2.02. The molecule has 4 heterocycles. The Kier molecular flexibility index (Phi) is 3.72. The molecule has 6 nitrogen and oxygen atoms in total. The lowest BCUT2D eigenvalue weighted by Crippen LogP contribution is -2.35. The smallest absolute Gasteiger partial charge is 0.205 e. The quantitative estimate of drug-likeness (QED) is 0.739. The van der Waals surface area contributed by atoms with Crippen LogP contribution < -0.4 is 4.90 Å². The molecule has 0 spiro atoms. The molecule has 7 heteroatoms. The van der Waals surface area contributed by atoms with E-state index in [1.54, 1.807) is 0 Å². The van der Waals surface area contributed by atoms with Gasteiger partial charge in [0, 0.05) is 42.7 Å². The molecule has 4 rings (SSSR count). The number of piperidine rings is 1. The van der Waals surface area contributed by atoms with Crippen molar-refractivity contribution >= 4 is 22.3 Å². The number of nitrogens with zero attached hydrogens (tertiary/aromatic N) is 6. The van der Waals surface area contributed by atoms with Crippen molar-refractivity contribution in [1.29, 1.82) is 0 Å². The van der Waals surface area contributed by atoms with Crippen molar-refractivity contribution in [3.63, 3.8) is 0 Å². The average Bonchev–Trinajstić information content (AvgIpc) is 3.22. The Morgan fingerprint density at radius 1 is 1.26 bits per heavy atom. The SMILES string of the molecule is CC(C)c1nsc(N2CCCC(c3nnc4ccccn34)C2)n1. The number of aromatic nitrogens is 5. The first-order valence-electron chi connectivity index (χ1n) is 8.10. The third-order valence-electron chi connectivity index (χ3n) is 4.34. The van der Waals surface area contributed by atoms with Gasteiger partial charge in [-0.3, -0.25) is 4.40 Å². The molecule has 120 valence electrons. The maximum Gasteiger partial charge on any atom is 0.205 e. The Morgan fingerprint density at radius 2 is 2.17 bits per heavy atom. The second-order valence-corrected chi connectivity index (χ2v) is 7.09. The highest BCUT2D eigenvalue weighted by Crippen LogP contribution is 2.30. The molecule has 1 atom stereocenters. The minimum absolute atomic E-state index is 0.376. The first-order chi connectivity index (χ1) is 11.2. The molecular formula is C16H20N6S. The summed E-state index contributed by atoms with van der Waals surface area (Å²) in [6, 6.07) is 6.02. The third-order valence-corrected chi connectivity index (χ3v) is 5.14. The first-order valence-corrected chi connectivity index (χ1v) is 8.88. The zero-order valence-corrected chi connectivity index (χ0v) is 14.2. The van der Waals surface area contributed by atoms with Gasteiger partial charge in [0.25, 0.3) is 0 Å². The molecule has 3 aromatic rings. The van der Waals surface area contributed by atoms with Crippen LogP contribution in [-0.2, 0) is 0 Å². The van der Waals surface area contributed by atoms with E-state index in [4.69, 9.17) is 4.98 Å². The summed E-state index contributed by atoms with van der Waals surface area (Å²) in [7, 11) is 0. The summed E-state index contributed by atoms with van der Waals surface area (Å²) in [5.41, 5.74) is 0.914. The van der Waals surface area contributed by atoms with Crippen LogP contribution in [0, 0.1) is 0 Å². The van der Waals surface area contributed by atoms with Crippen LogP contribution in [-0.4, -0.2) is 37.0 Å². The fourth-order valence-electron chi connectivity index (χ4n) is 3.09. The van der Waals surface area contributed by atoms with Gasteiger partial charge in [-0.25, -0.2) is 4.98 Å². The van der Waals surface area contributed by atoms with Gasteiger partial charge in [0.15, 0.2) is 5.65 Å². The minimum atomic E-state index is 0.376. The number of hydrogen-bond donors (Lipinski definition) is 0. The van der Waals surface area contributed by atoms with Gasteiger partial charge in [-0.2, -0.15) is 4.37 Å². The highest BCUT2D eigenvalue weighted by atomic mass is 32.1. The largest absolute Gasteiger partial charge is 0.346 e. The molecule has 3 aromatic heterocycles. The highest BCUT2D eigenvalue weighted by molar-refractivity contribution is 7.09. The second kappa shape index (κ2) is 5.88.